The minimum absolute atomic E-state index is 0.0245. The number of aromatic nitrogens is 1. The Morgan fingerprint density at radius 1 is 1.15 bits per heavy atom. The molecule has 0 fully saturated rings. The molecule has 0 amide bonds. The van der Waals surface area contributed by atoms with Gasteiger partial charge in [0.2, 0.25) is 0 Å². The van der Waals surface area contributed by atoms with Gasteiger partial charge in [-0.25, -0.2) is 4.98 Å². The molecule has 1 N–H and O–H groups in total. The lowest BCUT2D eigenvalue weighted by Crippen LogP contribution is -1.94. The molecule has 0 aliphatic carbocycles. The zero-order chi connectivity index (χ0) is 19.4. The number of aryl methyl sites for hydroxylation is 2. The SMILES string of the molecule is CC(=O)c1ccc(N/C=C(\C#N)c2nc(-c3ccc(C)c(C)c3)cs2)cc1. The molecule has 1 aromatic heterocycles. The number of hydrogen-bond donors (Lipinski definition) is 1. The van der Waals surface area contributed by atoms with Crippen LogP contribution in [0.1, 0.15) is 33.4 Å². The van der Waals surface area contributed by atoms with E-state index in [9.17, 15) is 10.1 Å². The number of benzene rings is 2. The molecule has 5 heteroatoms. The fourth-order valence-electron chi connectivity index (χ4n) is 2.53. The average Bonchev–Trinajstić information content (AvgIpc) is 3.15. The van der Waals surface area contributed by atoms with Crippen molar-refractivity contribution in [1.29, 1.82) is 5.26 Å². The number of rotatable bonds is 5. The van der Waals surface area contributed by atoms with Crippen LogP contribution in [0.5, 0.6) is 0 Å². The minimum atomic E-state index is 0.0245. The molecule has 0 saturated carbocycles. The molecule has 0 spiro atoms. The van der Waals surface area contributed by atoms with E-state index >= 15 is 0 Å². The molecule has 0 aliphatic rings. The summed E-state index contributed by atoms with van der Waals surface area (Å²) in [6.07, 6.45) is 1.64. The van der Waals surface area contributed by atoms with E-state index in [1.807, 2.05) is 23.6 Å². The Labute approximate surface area is 162 Å². The highest BCUT2D eigenvalue weighted by Crippen LogP contribution is 2.27. The highest BCUT2D eigenvalue weighted by atomic mass is 32.1. The minimum Gasteiger partial charge on any atom is -0.360 e. The van der Waals surface area contributed by atoms with Crippen LogP contribution in [0.25, 0.3) is 16.8 Å². The van der Waals surface area contributed by atoms with Crippen LogP contribution in [0.4, 0.5) is 5.69 Å². The maximum atomic E-state index is 11.3. The zero-order valence-corrected chi connectivity index (χ0v) is 16.2. The Hall–Kier alpha value is -3.23. The van der Waals surface area contributed by atoms with Crippen LogP contribution in [0.3, 0.4) is 0 Å². The van der Waals surface area contributed by atoms with Crippen molar-refractivity contribution in [2.24, 2.45) is 0 Å². The Bertz CT molecular complexity index is 1060. The second kappa shape index (κ2) is 7.98. The third kappa shape index (κ3) is 4.30. The molecule has 1 heterocycles. The molecule has 4 nitrogen and oxygen atoms in total. The first-order valence-corrected chi connectivity index (χ1v) is 9.37. The predicted molar refractivity (Wildman–Crippen MR) is 111 cm³/mol. The average molecular weight is 373 g/mol. The molecule has 3 aromatic rings. The molecule has 27 heavy (non-hydrogen) atoms. The van der Waals surface area contributed by atoms with Crippen molar-refractivity contribution in [2.75, 3.05) is 5.32 Å². The summed E-state index contributed by atoms with van der Waals surface area (Å²) in [7, 11) is 0. The van der Waals surface area contributed by atoms with E-state index in [1.165, 1.54) is 29.4 Å². The van der Waals surface area contributed by atoms with Gasteiger partial charge >= 0.3 is 0 Å². The smallest absolute Gasteiger partial charge is 0.159 e. The Morgan fingerprint density at radius 3 is 2.52 bits per heavy atom. The topological polar surface area (TPSA) is 65.8 Å². The van der Waals surface area contributed by atoms with Crippen molar-refractivity contribution in [2.45, 2.75) is 20.8 Å². The quantitative estimate of drug-likeness (QED) is 0.466. The molecule has 3 rings (SSSR count). The number of anilines is 1. The van der Waals surface area contributed by atoms with Gasteiger partial charge in [-0.1, -0.05) is 12.1 Å². The van der Waals surface area contributed by atoms with Crippen molar-refractivity contribution in [3.63, 3.8) is 0 Å². The van der Waals surface area contributed by atoms with Gasteiger partial charge in [-0.15, -0.1) is 11.3 Å². The first kappa shape index (κ1) is 18.6. The number of nitrogens with one attached hydrogen (secondary N) is 1. The normalized spacial score (nSPS) is 11.1. The molecule has 0 atom stereocenters. The lowest BCUT2D eigenvalue weighted by molar-refractivity contribution is 0.101. The number of thiazole rings is 1. The molecule has 134 valence electrons. The molecular weight excluding hydrogens is 354 g/mol. The van der Waals surface area contributed by atoms with E-state index in [4.69, 9.17) is 0 Å². The number of carbonyl (C=O) groups excluding carboxylic acids is 1. The van der Waals surface area contributed by atoms with E-state index in [0.29, 0.717) is 16.1 Å². The number of carbonyl (C=O) groups is 1. The summed E-state index contributed by atoms with van der Waals surface area (Å²) in [5, 5.41) is 15.2. The largest absolute Gasteiger partial charge is 0.360 e. The van der Waals surface area contributed by atoms with Gasteiger partial charge in [0.1, 0.15) is 16.6 Å². The second-order valence-electron chi connectivity index (χ2n) is 6.28. The fourth-order valence-corrected chi connectivity index (χ4v) is 3.32. The summed E-state index contributed by atoms with van der Waals surface area (Å²) in [6, 6.07) is 15.6. The lowest BCUT2D eigenvalue weighted by atomic mass is 10.1. The van der Waals surface area contributed by atoms with E-state index in [2.05, 4.69) is 42.4 Å². The number of hydrogen-bond acceptors (Lipinski definition) is 5. The van der Waals surface area contributed by atoms with Gasteiger partial charge in [0, 0.05) is 28.4 Å². The summed E-state index contributed by atoms with van der Waals surface area (Å²) in [4.78, 5) is 15.9. The molecule has 0 saturated heterocycles. The molecule has 0 aliphatic heterocycles. The number of ketones is 1. The molecule has 0 bridgehead atoms. The highest BCUT2D eigenvalue weighted by molar-refractivity contribution is 7.11. The van der Waals surface area contributed by atoms with Crippen LogP contribution in [0, 0.1) is 25.2 Å². The van der Waals surface area contributed by atoms with E-state index in [1.54, 1.807) is 18.3 Å². The van der Waals surface area contributed by atoms with Gasteiger partial charge in [-0.2, -0.15) is 5.26 Å². The Morgan fingerprint density at radius 2 is 1.89 bits per heavy atom. The molecule has 0 radical (unpaired) electrons. The third-order valence-electron chi connectivity index (χ3n) is 4.33. The number of nitrogens with zero attached hydrogens (tertiary/aromatic N) is 2. The van der Waals surface area contributed by atoms with Gasteiger partial charge in [0.15, 0.2) is 5.78 Å². The fraction of sp³-hybridized carbons (Fsp3) is 0.136. The van der Waals surface area contributed by atoms with E-state index < -0.39 is 0 Å². The maximum absolute atomic E-state index is 11.3. The van der Waals surface area contributed by atoms with E-state index in [0.717, 1.165) is 16.9 Å². The van der Waals surface area contributed by atoms with E-state index in [-0.39, 0.29) is 5.78 Å². The number of Topliss-reactive ketones (excluding diaryl/α,β-unsaturated/α-hetero) is 1. The summed E-state index contributed by atoms with van der Waals surface area (Å²) >= 11 is 1.44. The maximum Gasteiger partial charge on any atom is 0.159 e. The number of nitriles is 1. The van der Waals surface area contributed by atoms with Crippen molar-refractivity contribution in [3.05, 3.63) is 75.7 Å². The second-order valence-corrected chi connectivity index (χ2v) is 7.14. The van der Waals surface area contributed by atoms with Crippen LogP contribution in [-0.4, -0.2) is 10.8 Å². The first-order valence-electron chi connectivity index (χ1n) is 8.49. The van der Waals surface area contributed by atoms with Gasteiger partial charge < -0.3 is 5.32 Å². The third-order valence-corrected chi connectivity index (χ3v) is 5.21. The molecular formula is C22H19N3OS. The molecule has 0 unspecified atom stereocenters. The van der Waals surface area contributed by atoms with Crippen LogP contribution >= 0.6 is 11.3 Å². The molecule has 2 aromatic carbocycles. The summed E-state index contributed by atoms with van der Waals surface area (Å²) in [5.41, 5.74) is 6.30. The van der Waals surface area contributed by atoms with Gasteiger partial charge in [-0.3, -0.25) is 4.79 Å². The van der Waals surface area contributed by atoms with Crippen molar-refractivity contribution < 1.29 is 4.79 Å². The van der Waals surface area contributed by atoms with Crippen LogP contribution in [-0.2, 0) is 0 Å². The van der Waals surface area contributed by atoms with Crippen LogP contribution in [0.2, 0.25) is 0 Å². The predicted octanol–water partition coefficient (Wildman–Crippen LogP) is 5.61. The monoisotopic (exact) mass is 373 g/mol. The Kier molecular flexibility index (Phi) is 5.49. The zero-order valence-electron chi connectivity index (χ0n) is 15.4. The summed E-state index contributed by atoms with van der Waals surface area (Å²) in [6.45, 7) is 5.69. The van der Waals surface area contributed by atoms with Gasteiger partial charge in [0.05, 0.1) is 5.69 Å². The van der Waals surface area contributed by atoms with Crippen molar-refractivity contribution >= 4 is 28.4 Å². The van der Waals surface area contributed by atoms with Crippen LogP contribution in [0.15, 0.2) is 54.0 Å². The summed E-state index contributed by atoms with van der Waals surface area (Å²) in [5.74, 6) is 0.0245. The first-order chi connectivity index (χ1) is 13.0. The highest BCUT2D eigenvalue weighted by Gasteiger charge is 2.09. The standard InChI is InChI=1S/C22H19N3OS/c1-14-4-5-18(10-15(14)2)21-13-27-22(25-21)19(11-23)12-24-20-8-6-17(7-9-20)16(3)26/h4-10,12-13,24H,1-3H3/b19-12+. The van der Waals surface area contributed by atoms with Crippen molar-refractivity contribution in [3.8, 4) is 17.3 Å². The lowest BCUT2D eigenvalue weighted by Gasteiger charge is -2.03. The number of allylic oxidation sites excluding steroid dienone is 1. The van der Waals surface area contributed by atoms with Gasteiger partial charge in [0.25, 0.3) is 0 Å². The summed E-state index contributed by atoms with van der Waals surface area (Å²) < 4.78 is 0. The van der Waals surface area contributed by atoms with Crippen LogP contribution < -0.4 is 5.32 Å². The Balaban J connectivity index is 1.80. The van der Waals surface area contributed by atoms with Crippen molar-refractivity contribution in [1.82, 2.24) is 4.98 Å². The van der Waals surface area contributed by atoms with Gasteiger partial charge in [-0.05, 0) is 62.2 Å².